The summed E-state index contributed by atoms with van der Waals surface area (Å²) in [5.74, 6) is -0.109. The molecule has 132 valence electrons. The molecule has 0 unspecified atom stereocenters. The minimum Gasteiger partial charge on any atom is -0.396 e. The molecule has 0 radical (unpaired) electrons. The minimum atomic E-state index is -0.455. The van der Waals surface area contributed by atoms with E-state index in [0.29, 0.717) is 12.5 Å². The van der Waals surface area contributed by atoms with E-state index in [1.54, 1.807) is 0 Å². The van der Waals surface area contributed by atoms with E-state index in [2.05, 4.69) is 13.8 Å². The molecule has 0 spiro atoms. The maximum Gasteiger partial charge on any atom is 0.163 e. The Bertz CT molecular complexity index is 290. The molecule has 3 nitrogen and oxygen atoms in total. The molecule has 0 aliphatic carbocycles. The number of ether oxygens (including phenoxy) is 2. The van der Waals surface area contributed by atoms with Crippen molar-refractivity contribution < 1.29 is 14.6 Å². The third-order valence-corrected chi connectivity index (χ3v) is 4.79. The van der Waals surface area contributed by atoms with Gasteiger partial charge in [0, 0.05) is 6.61 Å². The zero-order valence-corrected chi connectivity index (χ0v) is 15.3. The topological polar surface area (TPSA) is 38.7 Å². The highest BCUT2D eigenvalue weighted by Crippen LogP contribution is 2.38. The van der Waals surface area contributed by atoms with Gasteiger partial charge in [0.25, 0.3) is 0 Å². The van der Waals surface area contributed by atoms with Crippen LogP contribution in [0.2, 0.25) is 0 Å². The van der Waals surface area contributed by atoms with Crippen molar-refractivity contribution in [2.45, 2.75) is 103 Å². The Morgan fingerprint density at radius 3 is 2.18 bits per heavy atom. The first-order valence-electron chi connectivity index (χ1n) is 9.38. The predicted octanol–water partition coefficient (Wildman–Crippen LogP) is 5.06. The lowest BCUT2D eigenvalue weighted by Crippen LogP contribution is -2.35. The fourth-order valence-electron chi connectivity index (χ4n) is 3.26. The Hall–Kier alpha value is -0.120. The lowest BCUT2D eigenvalue weighted by Gasteiger charge is -2.30. The first-order chi connectivity index (χ1) is 10.4. The standard InChI is InChI=1S/C19H38O3/c1-5-6-7-8-9-10-11-13-19(14-12-17(2)15-20)16-21-18(3,4)22-19/h17,20H,5-16H2,1-4H3/t17-,19+/m1/s1. The van der Waals surface area contributed by atoms with Crippen LogP contribution in [-0.4, -0.2) is 29.7 Å². The van der Waals surface area contributed by atoms with Crippen LogP contribution in [0.15, 0.2) is 0 Å². The first-order valence-corrected chi connectivity index (χ1v) is 9.38. The van der Waals surface area contributed by atoms with E-state index in [4.69, 9.17) is 9.47 Å². The van der Waals surface area contributed by atoms with Crippen LogP contribution in [0.5, 0.6) is 0 Å². The SMILES string of the molecule is CCCCCCCCC[C@]1(CC[C@@H](C)CO)COC(C)(C)O1. The monoisotopic (exact) mass is 314 g/mol. The van der Waals surface area contributed by atoms with Gasteiger partial charge >= 0.3 is 0 Å². The number of aliphatic hydroxyl groups excluding tert-OH is 1. The Morgan fingerprint density at radius 1 is 1.00 bits per heavy atom. The number of rotatable bonds is 12. The molecular formula is C19H38O3. The quantitative estimate of drug-likeness (QED) is 0.512. The van der Waals surface area contributed by atoms with E-state index >= 15 is 0 Å². The summed E-state index contributed by atoms with van der Waals surface area (Å²) < 4.78 is 12.1. The molecule has 2 atom stereocenters. The molecular weight excluding hydrogens is 276 g/mol. The highest BCUT2D eigenvalue weighted by atomic mass is 16.8. The van der Waals surface area contributed by atoms with Crippen molar-refractivity contribution in [2.75, 3.05) is 13.2 Å². The van der Waals surface area contributed by atoms with Crippen molar-refractivity contribution in [2.24, 2.45) is 5.92 Å². The Morgan fingerprint density at radius 2 is 1.64 bits per heavy atom. The molecule has 0 aromatic heterocycles. The Labute approximate surface area is 137 Å². The summed E-state index contributed by atoms with van der Waals surface area (Å²) in [6, 6.07) is 0. The van der Waals surface area contributed by atoms with Gasteiger partial charge in [-0.25, -0.2) is 0 Å². The maximum absolute atomic E-state index is 9.24. The van der Waals surface area contributed by atoms with Crippen LogP contribution in [0, 0.1) is 5.92 Å². The average molecular weight is 315 g/mol. The number of unbranched alkanes of at least 4 members (excludes halogenated alkanes) is 6. The second-order valence-corrected chi connectivity index (χ2v) is 7.67. The summed E-state index contributed by atoms with van der Waals surface area (Å²) in [5.41, 5.74) is -0.129. The van der Waals surface area contributed by atoms with Gasteiger partial charge in [-0.05, 0) is 39.0 Å². The van der Waals surface area contributed by atoms with Gasteiger partial charge < -0.3 is 14.6 Å². The number of hydrogen-bond donors (Lipinski definition) is 1. The van der Waals surface area contributed by atoms with E-state index in [-0.39, 0.29) is 12.2 Å². The molecule has 1 heterocycles. The molecule has 3 heteroatoms. The van der Waals surface area contributed by atoms with E-state index in [0.717, 1.165) is 19.3 Å². The summed E-state index contributed by atoms with van der Waals surface area (Å²) >= 11 is 0. The van der Waals surface area contributed by atoms with Crippen molar-refractivity contribution in [3.63, 3.8) is 0 Å². The Kier molecular flexibility index (Phi) is 8.96. The molecule has 1 rings (SSSR count). The van der Waals surface area contributed by atoms with Crippen LogP contribution in [-0.2, 0) is 9.47 Å². The molecule has 0 aromatic carbocycles. The zero-order valence-electron chi connectivity index (χ0n) is 15.3. The fourth-order valence-corrected chi connectivity index (χ4v) is 3.26. The highest BCUT2D eigenvalue weighted by Gasteiger charge is 2.44. The van der Waals surface area contributed by atoms with E-state index in [1.165, 1.54) is 44.9 Å². The summed E-state index contributed by atoms with van der Waals surface area (Å²) in [4.78, 5) is 0. The van der Waals surface area contributed by atoms with Crippen LogP contribution in [0.3, 0.4) is 0 Å². The molecule has 0 amide bonds. The molecule has 0 saturated carbocycles. The van der Waals surface area contributed by atoms with Crippen LogP contribution < -0.4 is 0 Å². The van der Waals surface area contributed by atoms with E-state index in [9.17, 15) is 5.11 Å². The molecule has 1 fully saturated rings. The van der Waals surface area contributed by atoms with Gasteiger partial charge in [0.1, 0.15) is 0 Å². The highest BCUT2D eigenvalue weighted by molar-refractivity contribution is 4.88. The largest absolute Gasteiger partial charge is 0.396 e. The summed E-state index contributed by atoms with van der Waals surface area (Å²) in [6.07, 6.45) is 12.4. The Balaban J connectivity index is 2.33. The molecule has 1 N–H and O–H groups in total. The molecule has 0 aromatic rings. The van der Waals surface area contributed by atoms with Gasteiger partial charge in [-0.1, -0.05) is 58.8 Å². The maximum atomic E-state index is 9.24. The third kappa shape index (κ3) is 7.43. The third-order valence-electron chi connectivity index (χ3n) is 4.79. The van der Waals surface area contributed by atoms with E-state index < -0.39 is 5.79 Å². The number of hydrogen-bond acceptors (Lipinski definition) is 3. The van der Waals surface area contributed by atoms with Crippen molar-refractivity contribution in [1.29, 1.82) is 0 Å². The summed E-state index contributed by atoms with van der Waals surface area (Å²) in [6.45, 7) is 9.34. The van der Waals surface area contributed by atoms with Crippen LogP contribution in [0.4, 0.5) is 0 Å². The number of aliphatic hydroxyl groups is 1. The summed E-state index contributed by atoms with van der Waals surface area (Å²) in [5, 5.41) is 9.24. The lowest BCUT2D eigenvalue weighted by atomic mass is 9.88. The average Bonchev–Trinajstić information content (AvgIpc) is 2.80. The molecule has 1 aliphatic heterocycles. The van der Waals surface area contributed by atoms with Crippen LogP contribution in [0.1, 0.15) is 91.9 Å². The molecule has 0 bridgehead atoms. The van der Waals surface area contributed by atoms with Crippen LogP contribution in [0.25, 0.3) is 0 Å². The molecule has 22 heavy (non-hydrogen) atoms. The second-order valence-electron chi connectivity index (χ2n) is 7.67. The summed E-state index contributed by atoms with van der Waals surface area (Å²) in [7, 11) is 0. The fraction of sp³-hybridized carbons (Fsp3) is 1.00. The van der Waals surface area contributed by atoms with Gasteiger partial charge in [0.2, 0.25) is 0 Å². The molecule has 1 saturated heterocycles. The predicted molar refractivity (Wildman–Crippen MR) is 91.9 cm³/mol. The first kappa shape index (κ1) is 19.9. The van der Waals surface area contributed by atoms with Gasteiger partial charge in [0.05, 0.1) is 12.2 Å². The lowest BCUT2D eigenvalue weighted by molar-refractivity contribution is -0.165. The van der Waals surface area contributed by atoms with Crippen molar-refractivity contribution in [3.8, 4) is 0 Å². The smallest absolute Gasteiger partial charge is 0.163 e. The van der Waals surface area contributed by atoms with E-state index in [1.807, 2.05) is 13.8 Å². The van der Waals surface area contributed by atoms with Gasteiger partial charge in [0.15, 0.2) is 5.79 Å². The van der Waals surface area contributed by atoms with Gasteiger partial charge in [-0.2, -0.15) is 0 Å². The van der Waals surface area contributed by atoms with Crippen molar-refractivity contribution in [3.05, 3.63) is 0 Å². The minimum absolute atomic E-state index is 0.129. The van der Waals surface area contributed by atoms with Gasteiger partial charge in [-0.3, -0.25) is 0 Å². The van der Waals surface area contributed by atoms with Crippen LogP contribution >= 0.6 is 0 Å². The second kappa shape index (κ2) is 9.89. The van der Waals surface area contributed by atoms with Crippen molar-refractivity contribution in [1.82, 2.24) is 0 Å². The normalized spacial score (nSPS) is 25.5. The molecule has 1 aliphatic rings. The zero-order chi connectivity index (χ0) is 16.5. The van der Waals surface area contributed by atoms with Crippen molar-refractivity contribution >= 4 is 0 Å². The van der Waals surface area contributed by atoms with Gasteiger partial charge in [-0.15, -0.1) is 0 Å².